The molecule has 1 fully saturated rings. The van der Waals surface area contributed by atoms with Crippen LogP contribution in [0, 0.1) is 0 Å². The van der Waals surface area contributed by atoms with Crippen LogP contribution in [-0.4, -0.2) is 44.4 Å². The van der Waals surface area contributed by atoms with Gasteiger partial charge in [-0.05, 0) is 5.53 Å². The number of azide groups is 1. The van der Waals surface area contributed by atoms with Crippen LogP contribution in [0.3, 0.4) is 0 Å². The third kappa shape index (κ3) is 2.08. The van der Waals surface area contributed by atoms with Gasteiger partial charge in [0.1, 0.15) is 6.10 Å². The van der Waals surface area contributed by atoms with Crippen molar-refractivity contribution >= 4 is 0 Å². The van der Waals surface area contributed by atoms with Gasteiger partial charge in [0.25, 0.3) is 5.56 Å². The number of rotatable bonds is 3. The van der Waals surface area contributed by atoms with Gasteiger partial charge in [-0.25, -0.2) is 9.18 Å². The first kappa shape index (κ1) is 14.2. The number of aromatic nitrogens is 2. The molecular formula is C9H10FN5O5. The highest BCUT2D eigenvalue weighted by atomic mass is 19.1. The van der Waals surface area contributed by atoms with Crippen LogP contribution in [0.2, 0.25) is 0 Å². The second-order valence-electron chi connectivity index (χ2n) is 4.11. The summed E-state index contributed by atoms with van der Waals surface area (Å²) in [5, 5.41) is 21.9. The molecule has 1 unspecified atom stereocenters. The van der Waals surface area contributed by atoms with E-state index in [-0.39, 0.29) is 0 Å². The molecule has 108 valence electrons. The third-order valence-corrected chi connectivity index (χ3v) is 2.93. The Morgan fingerprint density at radius 2 is 2.35 bits per heavy atom. The second-order valence-corrected chi connectivity index (χ2v) is 4.11. The molecule has 2 heterocycles. The van der Waals surface area contributed by atoms with E-state index in [1.807, 2.05) is 4.98 Å². The molecule has 1 saturated heterocycles. The van der Waals surface area contributed by atoms with Gasteiger partial charge in [-0.3, -0.25) is 14.3 Å². The fraction of sp³-hybridized carbons (Fsp3) is 0.556. The number of alkyl halides is 1. The smallest absolute Gasteiger partial charge is 0.330 e. The Morgan fingerprint density at radius 1 is 1.65 bits per heavy atom. The number of hydrogen-bond acceptors (Lipinski definition) is 6. The van der Waals surface area contributed by atoms with Crippen molar-refractivity contribution in [3.05, 3.63) is 43.5 Å². The molecule has 1 aromatic heterocycles. The van der Waals surface area contributed by atoms with E-state index in [0.29, 0.717) is 4.57 Å². The SMILES string of the molecule is [N-]=[N+]=NC1(CO)O[C@@H](n2ccc(=O)[nH]c2=O)[C@@H](F)[C@@H]1O. The molecule has 11 heteroatoms. The van der Waals surface area contributed by atoms with Crippen molar-refractivity contribution in [2.75, 3.05) is 6.61 Å². The molecule has 0 amide bonds. The summed E-state index contributed by atoms with van der Waals surface area (Å²) in [5.41, 5.74) is 4.51. The topological polar surface area (TPSA) is 153 Å². The number of aliphatic hydroxyl groups is 2. The maximum absolute atomic E-state index is 14.0. The zero-order valence-electron chi connectivity index (χ0n) is 9.88. The highest BCUT2D eigenvalue weighted by Crippen LogP contribution is 2.39. The number of ether oxygens (including phenoxy) is 1. The predicted molar refractivity (Wildman–Crippen MR) is 61.3 cm³/mol. The van der Waals surface area contributed by atoms with Crippen molar-refractivity contribution in [1.29, 1.82) is 0 Å². The number of aromatic amines is 1. The van der Waals surface area contributed by atoms with Gasteiger partial charge in [-0.1, -0.05) is 5.11 Å². The molecule has 3 N–H and O–H groups in total. The average molecular weight is 287 g/mol. The molecule has 0 aliphatic carbocycles. The van der Waals surface area contributed by atoms with Crippen LogP contribution >= 0.6 is 0 Å². The Balaban J connectivity index is 2.47. The molecule has 1 aliphatic heterocycles. The number of H-pyrrole nitrogens is 1. The molecular weight excluding hydrogens is 277 g/mol. The van der Waals surface area contributed by atoms with Gasteiger partial charge < -0.3 is 14.9 Å². The fourth-order valence-corrected chi connectivity index (χ4v) is 1.91. The van der Waals surface area contributed by atoms with Crippen molar-refractivity contribution in [3.8, 4) is 0 Å². The number of nitrogens with one attached hydrogen (secondary N) is 1. The van der Waals surface area contributed by atoms with Crippen molar-refractivity contribution < 1.29 is 19.3 Å². The minimum Gasteiger partial charge on any atom is -0.393 e. The van der Waals surface area contributed by atoms with E-state index in [1.54, 1.807) is 0 Å². The van der Waals surface area contributed by atoms with Crippen LogP contribution in [0.4, 0.5) is 4.39 Å². The summed E-state index contributed by atoms with van der Waals surface area (Å²) in [5.74, 6) is 0. The van der Waals surface area contributed by atoms with Crippen molar-refractivity contribution in [2.45, 2.75) is 24.2 Å². The number of nitrogens with zero attached hydrogens (tertiary/aromatic N) is 4. The molecule has 0 radical (unpaired) electrons. The highest BCUT2D eigenvalue weighted by Gasteiger charge is 2.56. The van der Waals surface area contributed by atoms with Gasteiger partial charge in [0.15, 0.2) is 12.4 Å². The van der Waals surface area contributed by atoms with Crippen molar-refractivity contribution in [3.63, 3.8) is 0 Å². The van der Waals surface area contributed by atoms with Gasteiger partial charge in [-0.2, -0.15) is 0 Å². The normalized spacial score (nSPS) is 32.9. The molecule has 1 aromatic rings. The van der Waals surface area contributed by atoms with Crippen LogP contribution in [-0.2, 0) is 4.74 Å². The first-order valence-corrected chi connectivity index (χ1v) is 5.44. The van der Waals surface area contributed by atoms with E-state index < -0.39 is 42.1 Å². The van der Waals surface area contributed by atoms with E-state index in [9.17, 15) is 19.1 Å². The van der Waals surface area contributed by atoms with Crippen LogP contribution in [0.25, 0.3) is 10.4 Å². The van der Waals surface area contributed by atoms with E-state index in [2.05, 4.69) is 10.0 Å². The molecule has 1 aliphatic rings. The fourth-order valence-electron chi connectivity index (χ4n) is 1.91. The summed E-state index contributed by atoms with van der Waals surface area (Å²) in [7, 11) is 0. The summed E-state index contributed by atoms with van der Waals surface area (Å²) in [6, 6.07) is 0.955. The summed E-state index contributed by atoms with van der Waals surface area (Å²) < 4.78 is 19.7. The summed E-state index contributed by atoms with van der Waals surface area (Å²) in [4.78, 5) is 26.7. The first-order valence-electron chi connectivity index (χ1n) is 5.44. The van der Waals surface area contributed by atoms with Crippen LogP contribution in [0.15, 0.2) is 27.0 Å². The van der Waals surface area contributed by atoms with Crippen molar-refractivity contribution in [2.24, 2.45) is 5.11 Å². The number of aliphatic hydroxyl groups excluding tert-OH is 2. The summed E-state index contributed by atoms with van der Waals surface area (Å²) in [6.07, 6.45) is -4.79. The zero-order valence-corrected chi connectivity index (χ0v) is 9.88. The van der Waals surface area contributed by atoms with E-state index in [0.717, 1.165) is 12.3 Å². The van der Waals surface area contributed by atoms with Crippen LogP contribution < -0.4 is 11.2 Å². The lowest BCUT2D eigenvalue weighted by Crippen LogP contribution is -2.43. The minimum atomic E-state index is -2.23. The second kappa shape index (κ2) is 5.06. The van der Waals surface area contributed by atoms with Gasteiger partial charge in [0.05, 0.1) is 6.61 Å². The zero-order chi connectivity index (χ0) is 14.9. The lowest BCUT2D eigenvalue weighted by molar-refractivity contribution is -0.124. The predicted octanol–water partition coefficient (Wildman–Crippen LogP) is -1.24. The Hall–Kier alpha value is -2.20. The van der Waals surface area contributed by atoms with Crippen LogP contribution in [0.1, 0.15) is 6.23 Å². The third-order valence-electron chi connectivity index (χ3n) is 2.93. The van der Waals surface area contributed by atoms with E-state index in [1.165, 1.54) is 0 Å². The summed E-state index contributed by atoms with van der Waals surface area (Å²) >= 11 is 0. The molecule has 20 heavy (non-hydrogen) atoms. The Morgan fingerprint density at radius 3 is 2.90 bits per heavy atom. The van der Waals surface area contributed by atoms with E-state index >= 15 is 0 Å². The number of hydrogen-bond donors (Lipinski definition) is 3. The van der Waals surface area contributed by atoms with Gasteiger partial charge in [0, 0.05) is 17.2 Å². The molecule has 0 spiro atoms. The monoisotopic (exact) mass is 287 g/mol. The number of halogens is 1. The lowest BCUT2D eigenvalue weighted by Gasteiger charge is -2.23. The first-order chi connectivity index (χ1) is 9.45. The van der Waals surface area contributed by atoms with E-state index in [4.69, 9.17) is 15.4 Å². The Labute approximate surface area is 109 Å². The minimum absolute atomic E-state index is 0.680. The van der Waals surface area contributed by atoms with Gasteiger partial charge in [-0.15, -0.1) is 0 Å². The largest absolute Gasteiger partial charge is 0.393 e. The lowest BCUT2D eigenvalue weighted by atomic mass is 10.1. The Bertz CT molecular complexity index is 667. The molecule has 4 atom stereocenters. The standard InChI is InChI=1S/C9H10FN5O5/c10-5-6(18)9(3-16,13-14-11)20-7(5)15-2-1-4(17)12-8(15)19/h1-2,5-7,16,18H,3H2,(H,12,17,19)/t5-,6-,7+,9?/m0/s1. The van der Waals surface area contributed by atoms with Gasteiger partial charge >= 0.3 is 5.69 Å². The maximum atomic E-state index is 14.0. The highest BCUT2D eigenvalue weighted by molar-refractivity contribution is 5.01. The molecule has 0 aromatic carbocycles. The molecule has 10 nitrogen and oxygen atoms in total. The Kier molecular flexibility index (Phi) is 3.59. The molecule has 0 saturated carbocycles. The quantitative estimate of drug-likeness (QED) is 0.360. The molecule has 2 rings (SSSR count). The van der Waals surface area contributed by atoms with Gasteiger partial charge in [0.2, 0.25) is 5.72 Å². The molecule has 0 bridgehead atoms. The average Bonchev–Trinajstić information content (AvgIpc) is 2.65. The summed E-state index contributed by atoms with van der Waals surface area (Å²) in [6.45, 7) is -0.979. The van der Waals surface area contributed by atoms with Crippen LogP contribution in [0.5, 0.6) is 0 Å². The maximum Gasteiger partial charge on any atom is 0.330 e. The van der Waals surface area contributed by atoms with Crippen molar-refractivity contribution in [1.82, 2.24) is 9.55 Å².